The second-order valence-corrected chi connectivity index (χ2v) is 5.45. The van der Waals surface area contributed by atoms with Crippen LogP contribution < -0.4 is 11.1 Å². The Morgan fingerprint density at radius 1 is 1.10 bits per heavy atom. The van der Waals surface area contributed by atoms with Crippen molar-refractivity contribution in [2.75, 3.05) is 11.9 Å². The van der Waals surface area contributed by atoms with Crippen molar-refractivity contribution in [2.24, 2.45) is 5.73 Å². The average Bonchev–Trinajstić information content (AvgIpc) is 2.90. The first kappa shape index (κ1) is 13.2. The van der Waals surface area contributed by atoms with Crippen LogP contribution in [-0.2, 0) is 0 Å². The Bertz CT molecular complexity index is 690. The third kappa shape index (κ3) is 2.57. The molecule has 0 aliphatic carbocycles. The van der Waals surface area contributed by atoms with Crippen LogP contribution in [0.2, 0.25) is 0 Å². The standard InChI is InChI=1S/C16H15BrN2O/c17-12-6-2-3-7-13(12)19-14(10-18)16-9-11-5-1-4-8-15(11)20-16/h1-9,14,19H,10,18H2. The molecule has 20 heavy (non-hydrogen) atoms. The monoisotopic (exact) mass is 330 g/mol. The van der Waals surface area contributed by atoms with Crippen LogP contribution in [0.3, 0.4) is 0 Å². The number of benzene rings is 2. The molecule has 0 saturated heterocycles. The summed E-state index contributed by atoms with van der Waals surface area (Å²) in [6, 6.07) is 17.9. The van der Waals surface area contributed by atoms with Gasteiger partial charge in [0, 0.05) is 22.1 Å². The molecule has 0 aliphatic heterocycles. The normalized spacial score (nSPS) is 12.5. The fraction of sp³-hybridized carbons (Fsp3) is 0.125. The van der Waals surface area contributed by atoms with Gasteiger partial charge in [0.1, 0.15) is 11.3 Å². The molecular weight excluding hydrogens is 316 g/mol. The summed E-state index contributed by atoms with van der Waals surface area (Å²) in [6.07, 6.45) is 0. The zero-order valence-electron chi connectivity index (χ0n) is 10.8. The summed E-state index contributed by atoms with van der Waals surface area (Å²) in [4.78, 5) is 0. The molecule has 102 valence electrons. The molecule has 0 amide bonds. The summed E-state index contributed by atoms with van der Waals surface area (Å²) in [5.41, 5.74) is 7.77. The largest absolute Gasteiger partial charge is 0.459 e. The van der Waals surface area contributed by atoms with Gasteiger partial charge in [-0.25, -0.2) is 0 Å². The van der Waals surface area contributed by atoms with Gasteiger partial charge in [0.2, 0.25) is 0 Å². The third-order valence-electron chi connectivity index (χ3n) is 3.23. The number of halogens is 1. The van der Waals surface area contributed by atoms with Crippen LogP contribution in [0.4, 0.5) is 5.69 Å². The fourth-order valence-corrected chi connectivity index (χ4v) is 2.59. The van der Waals surface area contributed by atoms with E-state index in [1.165, 1.54) is 0 Å². The van der Waals surface area contributed by atoms with E-state index in [4.69, 9.17) is 10.2 Å². The molecule has 0 spiro atoms. The van der Waals surface area contributed by atoms with Crippen molar-refractivity contribution in [3.8, 4) is 0 Å². The Morgan fingerprint density at radius 3 is 2.60 bits per heavy atom. The molecule has 0 saturated carbocycles. The predicted molar refractivity (Wildman–Crippen MR) is 85.8 cm³/mol. The lowest BCUT2D eigenvalue weighted by Gasteiger charge is -2.16. The van der Waals surface area contributed by atoms with E-state index in [1.54, 1.807) is 0 Å². The molecule has 0 radical (unpaired) electrons. The van der Waals surface area contributed by atoms with E-state index in [-0.39, 0.29) is 6.04 Å². The maximum Gasteiger partial charge on any atom is 0.134 e. The second kappa shape index (κ2) is 5.69. The van der Waals surface area contributed by atoms with Crippen molar-refractivity contribution in [1.29, 1.82) is 0 Å². The van der Waals surface area contributed by atoms with Crippen molar-refractivity contribution in [3.05, 3.63) is 64.8 Å². The highest BCUT2D eigenvalue weighted by atomic mass is 79.9. The van der Waals surface area contributed by atoms with Crippen molar-refractivity contribution < 1.29 is 4.42 Å². The third-order valence-corrected chi connectivity index (χ3v) is 3.92. The topological polar surface area (TPSA) is 51.2 Å². The molecule has 3 nitrogen and oxygen atoms in total. The minimum Gasteiger partial charge on any atom is -0.459 e. The highest BCUT2D eigenvalue weighted by molar-refractivity contribution is 9.10. The number of hydrogen-bond donors (Lipinski definition) is 2. The lowest BCUT2D eigenvalue weighted by atomic mass is 10.2. The van der Waals surface area contributed by atoms with Gasteiger partial charge in [-0.15, -0.1) is 0 Å². The maximum atomic E-state index is 5.89. The number of furan rings is 1. The van der Waals surface area contributed by atoms with Crippen LogP contribution in [0, 0.1) is 0 Å². The van der Waals surface area contributed by atoms with E-state index >= 15 is 0 Å². The van der Waals surface area contributed by atoms with Crippen LogP contribution in [0.1, 0.15) is 11.8 Å². The van der Waals surface area contributed by atoms with E-state index in [1.807, 2.05) is 54.6 Å². The number of hydrogen-bond acceptors (Lipinski definition) is 3. The molecule has 0 bridgehead atoms. The molecule has 1 atom stereocenters. The number of nitrogens with one attached hydrogen (secondary N) is 1. The summed E-state index contributed by atoms with van der Waals surface area (Å²) < 4.78 is 6.88. The fourth-order valence-electron chi connectivity index (χ4n) is 2.19. The second-order valence-electron chi connectivity index (χ2n) is 4.60. The maximum absolute atomic E-state index is 5.89. The van der Waals surface area contributed by atoms with Gasteiger partial charge in [0.25, 0.3) is 0 Å². The van der Waals surface area contributed by atoms with Gasteiger partial charge in [-0.2, -0.15) is 0 Å². The quantitative estimate of drug-likeness (QED) is 0.749. The van der Waals surface area contributed by atoms with E-state index < -0.39 is 0 Å². The van der Waals surface area contributed by atoms with Gasteiger partial charge in [0.05, 0.1) is 6.04 Å². The number of fused-ring (bicyclic) bond motifs is 1. The Balaban J connectivity index is 1.91. The molecule has 1 aromatic heterocycles. The van der Waals surface area contributed by atoms with Gasteiger partial charge in [-0.3, -0.25) is 0 Å². The summed E-state index contributed by atoms with van der Waals surface area (Å²) in [6.45, 7) is 0.459. The van der Waals surface area contributed by atoms with E-state index in [0.29, 0.717) is 6.54 Å². The molecular formula is C16H15BrN2O. The van der Waals surface area contributed by atoms with Crippen molar-refractivity contribution in [1.82, 2.24) is 0 Å². The molecule has 2 aromatic carbocycles. The van der Waals surface area contributed by atoms with Crippen LogP contribution in [0.25, 0.3) is 11.0 Å². The Labute approximate surface area is 125 Å². The first-order valence-electron chi connectivity index (χ1n) is 6.47. The molecule has 0 fully saturated rings. The highest BCUT2D eigenvalue weighted by Crippen LogP contribution is 2.29. The van der Waals surface area contributed by atoms with Gasteiger partial charge < -0.3 is 15.5 Å². The molecule has 4 heteroatoms. The van der Waals surface area contributed by atoms with Gasteiger partial charge in [-0.1, -0.05) is 30.3 Å². The van der Waals surface area contributed by atoms with Crippen LogP contribution in [0.5, 0.6) is 0 Å². The first-order chi connectivity index (χ1) is 9.78. The lowest BCUT2D eigenvalue weighted by molar-refractivity contribution is 0.514. The van der Waals surface area contributed by atoms with Crippen LogP contribution in [0.15, 0.2) is 63.5 Å². The van der Waals surface area contributed by atoms with Crippen molar-refractivity contribution in [2.45, 2.75) is 6.04 Å². The highest BCUT2D eigenvalue weighted by Gasteiger charge is 2.15. The minimum atomic E-state index is -0.0545. The molecule has 1 heterocycles. The Kier molecular flexibility index (Phi) is 3.76. The smallest absolute Gasteiger partial charge is 0.134 e. The Hall–Kier alpha value is -1.78. The van der Waals surface area contributed by atoms with E-state index in [2.05, 4.69) is 21.2 Å². The van der Waals surface area contributed by atoms with Crippen LogP contribution >= 0.6 is 15.9 Å². The van der Waals surface area contributed by atoms with E-state index in [0.717, 1.165) is 26.9 Å². The molecule has 3 aromatic rings. The number of anilines is 1. The summed E-state index contributed by atoms with van der Waals surface area (Å²) in [7, 11) is 0. The number of para-hydroxylation sites is 2. The SMILES string of the molecule is NCC(Nc1ccccc1Br)c1cc2ccccc2o1. The molecule has 3 rings (SSSR count). The summed E-state index contributed by atoms with van der Waals surface area (Å²) in [5.74, 6) is 0.851. The number of nitrogens with two attached hydrogens (primary N) is 1. The zero-order chi connectivity index (χ0) is 13.9. The predicted octanol–water partition coefficient (Wildman–Crippen LogP) is 4.31. The summed E-state index contributed by atoms with van der Waals surface area (Å²) in [5, 5.41) is 4.50. The molecule has 1 unspecified atom stereocenters. The number of rotatable bonds is 4. The lowest BCUT2D eigenvalue weighted by Crippen LogP contribution is -2.20. The Morgan fingerprint density at radius 2 is 1.85 bits per heavy atom. The van der Waals surface area contributed by atoms with E-state index in [9.17, 15) is 0 Å². The average molecular weight is 331 g/mol. The summed E-state index contributed by atoms with van der Waals surface area (Å²) >= 11 is 3.53. The molecule has 0 aliphatic rings. The van der Waals surface area contributed by atoms with Gasteiger partial charge in [0.15, 0.2) is 0 Å². The van der Waals surface area contributed by atoms with Crippen molar-refractivity contribution >= 4 is 32.6 Å². The molecule has 3 N–H and O–H groups in total. The van der Waals surface area contributed by atoms with Gasteiger partial charge >= 0.3 is 0 Å². The van der Waals surface area contributed by atoms with Crippen LogP contribution in [-0.4, -0.2) is 6.54 Å². The van der Waals surface area contributed by atoms with Gasteiger partial charge in [-0.05, 0) is 40.2 Å². The minimum absolute atomic E-state index is 0.0545. The first-order valence-corrected chi connectivity index (χ1v) is 7.27. The zero-order valence-corrected chi connectivity index (χ0v) is 12.4. The van der Waals surface area contributed by atoms with Crippen molar-refractivity contribution in [3.63, 3.8) is 0 Å².